The quantitative estimate of drug-likeness (QED) is 0.133. The summed E-state index contributed by atoms with van der Waals surface area (Å²) in [5.74, 6) is -2.27. The van der Waals surface area contributed by atoms with Crippen LogP contribution in [-0.4, -0.2) is 0 Å². The van der Waals surface area contributed by atoms with Gasteiger partial charge in [0.1, 0.15) is 0 Å². The lowest BCUT2D eigenvalue weighted by atomic mass is 9.74. The average molecular weight is 1740 g/mol. The second kappa shape index (κ2) is 29.2. The molecule has 616 valence electrons. The topological polar surface area (TPSA) is 0 Å². The summed E-state index contributed by atoms with van der Waals surface area (Å²) in [5, 5.41) is 7.49. The maximum absolute atomic E-state index is 10.2. The maximum Gasteiger partial charge on any atom is 0.0636 e. The lowest BCUT2D eigenvalue weighted by Gasteiger charge is -2.30. The largest absolute Gasteiger partial charge is 0.0767 e. The summed E-state index contributed by atoms with van der Waals surface area (Å²) in [6, 6.07) is 19.0. The normalized spacial score (nSPS) is 19.8. The van der Waals surface area contributed by atoms with Crippen LogP contribution >= 0.6 is 0 Å². The standard InChI is InChI=1S/C46H28.2C44H26/c1-2-10-35-27(5-1)15-21-38-41(35)25-34(36-20-16-32-13-11-28-6-3-8-30-18-23-39(36)45(32)43(28)30)26-42(38)37-22-17-33-14-12-29-7-4-9-31-19-24-40(37)46(33)44(29)31;2*1-4-29-14-16-33-18-22-37(39-24-20-31(6-1)41(29)43(33)39)28-12-10-27(11-13-28)35-8-3-9-36(26-35)38-23-19-34-17-15-30-5-2-7-32-21-25-40(38)44(34)42(30)32/h1-27,35H;2*1-26H/i1D,2D,5D,10D,15D,21D,25D,26D;1D,2D,3D,4D,5D,6D,7D,8D,9D,10D,11D,12D,13D,14D,15D,16D,17D,18D,19D,20D,21D,22D,23D,24D,25D,26D;1D,2D,4D,5D,6D,7D,14D,15D,16D,17D,18D,19D,20D,21D,22D,23D,24D,25D. The number of rotatable bonds is 8. The van der Waals surface area contributed by atoms with E-state index in [-0.39, 0.29) is 178 Å². The third kappa shape index (κ3) is 11.4. The molecule has 0 amide bonds. The molecule has 0 spiro atoms. The van der Waals surface area contributed by atoms with Crippen LogP contribution in [0.1, 0.15) is 88.3 Å². The van der Waals surface area contributed by atoms with Gasteiger partial charge in [-0.2, -0.15) is 0 Å². The Morgan fingerprint density at radius 1 is 0.172 bits per heavy atom. The first-order valence-corrected chi connectivity index (χ1v) is 42.8. The molecule has 2 aliphatic rings. The summed E-state index contributed by atoms with van der Waals surface area (Å²) in [6.07, 6.45) is 0. The van der Waals surface area contributed by atoms with Crippen molar-refractivity contribution in [2.45, 2.75) is 5.92 Å². The van der Waals surface area contributed by atoms with Gasteiger partial charge in [0.15, 0.2) is 0 Å². The third-order valence-electron chi connectivity index (χ3n) is 26.0. The molecule has 2 atom stereocenters. The van der Waals surface area contributed by atoms with Gasteiger partial charge in [0.05, 0.1) is 71.3 Å². The first-order chi connectivity index (χ1) is 88.2. The molecule has 0 radical (unpaired) electrons. The summed E-state index contributed by atoms with van der Waals surface area (Å²) in [4.78, 5) is 0. The molecule has 0 heterocycles. The van der Waals surface area contributed by atoms with Gasteiger partial charge in [-0.05, 0) is 318 Å². The Balaban J connectivity index is 0.000000124. The van der Waals surface area contributed by atoms with Gasteiger partial charge in [-0.3, -0.25) is 0 Å². The third-order valence-corrected chi connectivity index (χ3v) is 26.0. The Morgan fingerprint density at radius 3 is 1.01 bits per heavy atom. The van der Waals surface area contributed by atoms with Crippen LogP contribution in [0.2, 0.25) is 0 Å². The lowest BCUT2D eigenvalue weighted by molar-refractivity contribution is 0.693. The fraction of sp³-hybridized carbons (Fsp3) is 0.0149. The van der Waals surface area contributed by atoms with E-state index in [4.69, 9.17) is 49.3 Å². The highest BCUT2D eigenvalue weighted by Gasteiger charge is 2.29. The first kappa shape index (κ1) is 40.5. The Kier molecular flexibility index (Phi) is 8.81. The molecule has 2 unspecified atom stereocenters. The highest BCUT2D eigenvalue weighted by molar-refractivity contribution is 6.32. The van der Waals surface area contributed by atoms with Gasteiger partial charge >= 0.3 is 0 Å². The predicted octanol–water partition coefficient (Wildman–Crippen LogP) is 37.6. The Morgan fingerprint density at radius 2 is 0.515 bits per heavy atom. The van der Waals surface area contributed by atoms with E-state index in [1.165, 1.54) is 0 Å². The molecule has 31 rings (SSSR count). The van der Waals surface area contributed by atoms with Crippen LogP contribution < -0.4 is 0 Å². The molecule has 0 saturated heterocycles. The molecule has 0 bridgehead atoms. The van der Waals surface area contributed by atoms with E-state index >= 15 is 0 Å². The molecule has 0 aliphatic heterocycles. The number of allylic oxidation sites excluding steroid dienone is 5. The zero-order chi connectivity index (χ0) is 133. The van der Waals surface area contributed by atoms with Crippen molar-refractivity contribution in [3.63, 3.8) is 0 Å². The molecule has 0 nitrogen and oxygen atoms in total. The summed E-state index contributed by atoms with van der Waals surface area (Å²) in [5.41, 5.74) is 0.179. The highest BCUT2D eigenvalue weighted by atomic mass is 14.3. The minimum Gasteiger partial charge on any atom is -0.0767 e. The van der Waals surface area contributed by atoms with Crippen LogP contribution in [-0.2, 0) is 0 Å². The molecule has 29 aromatic carbocycles. The van der Waals surface area contributed by atoms with Gasteiger partial charge in [0.25, 0.3) is 0 Å². The van der Waals surface area contributed by atoms with Gasteiger partial charge in [-0.1, -0.05) is 448 Å². The van der Waals surface area contributed by atoms with Gasteiger partial charge in [-0.25, -0.2) is 0 Å². The molecule has 0 N–H and O–H groups in total. The molecule has 0 aromatic heterocycles. The van der Waals surface area contributed by atoms with Crippen molar-refractivity contribution < 1.29 is 71.3 Å². The van der Waals surface area contributed by atoms with Gasteiger partial charge in [0, 0.05) is 11.8 Å². The lowest BCUT2D eigenvalue weighted by Crippen LogP contribution is -2.14. The number of benzene rings is 29. The zero-order valence-electron chi connectivity index (χ0n) is 121. The van der Waals surface area contributed by atoms with Crippen LogP contribution in [0.3, 0.4) is 0 Å². The molecule has 0 fully saturated rings. The summed E-state index contributed by atoms with van der Waals surface area (Å²) in [6.45, 7) is 0. The van der Waals surface area contributed by atoms with Crippen LogP contribution in [0.5, 0.6) is 0 Å². The number of hydrogen-bond donors (Lipinski definition) is 0. The van der Waals surface area contributed by atoms with Crippen LogP contribution in [0, 0.1) is 5.92 Å². The Labute approximate surface area is 846 Å². The van der Waals surface area contributed by atoms with Crippen LogP contribution in [0.4, 0.5) is 0 Å². The van der Waals surface area contributed by atoms with Crippen molar-refractivity contribution in [1.29, 1.82) is 0 Å². The minimum atomic E-state index is -1.16. The van der Waals surface area contributed by atoms with Crippen molar-refractivity contribution in [2.24, 2.45) is 5.92 Å². The predicted molar refractivity (Wildman–Crippen MR) is 579 cm³/mol. The van der Waals surface area contributed by atoms with E-state index in [2.05, 4.69) is 60.7 Å². The van der Waals surface area contributed by atoms with E-state index in [0.29, 0.717) is 44.5 Å². The second-order valence-corrected chi connectivity index (χ2v) is 33.1. The van der Waals surface area contributed by atoms with E-state index in [1.807, 2.05) is 48.5 Å². The fourth-order valence-electron chi connectivity index (χ4n) is 20.0. The first-order valence-electron chi connectivity index (χ1n) is 68.8. The van der Waals surface area contributed by atoms with Crippen LogP contribution in [0.25, 0.3) is 289 Å². The smallest absolute Gasteiger partial charge is 0.0636 e. The van der Waals surface area contributed by atoms with Crippen molar-refractivity contribution in [1.82, 2.24) is 0 Å². The summed E-state index contributed by atoms with van der Waals surface area (Å²) in [7, 11) is 0. The summed E-state index contributed by atoms with van der Waals surface area (Å²) < 4.78 is 467. The molecule has 134 heavy (non-hydrogen) atoms. The van der Waals surface area contributed by atoms with Crippen molar-refractivity contribution >= 4 is 200 Å². The van der Waals surface area contributed by atoms with Gasteiger partial charge in [0.2, 0.25) is 0 Å². The van der Waals surface area contributed by atoms with Gasteiger partial charge in [-0.15, -0.1) is 0 Å². The van der Waals surface area contributed by atoms with Crippen LogP contribution in [0.15, 0.2) is 466 Å². The molecule has 2 aliphatic carbocycles. The van der Waals surface area contributed by atoms with Crippen molar-refractivity contribution in [3.05, 3.63) is 477 Å². The Bertz CT molecular complexity index is 13300. The van der Waals surface area contributed by atoms with E-state index in [1.54, 1.807) is 48.5 Å². The molecule has 0 heteroatoms. The minimum absolute atomic E-state index is 0.0339. The Hall–Kier alpha value is -17.2. The maximum atomic E-state index is 10.2. The molecular formula is C134H80. The number of hydrogen-bond acceptors (Lipinski definition) is 0. The average Bonchev–Trinajstić information content (AvgIpc) is 0.680. The van der Waals surface area contributed by atoms with E-state index in [0.717, 1.165) is 64.6 Å². The highest BCUT2D eigenvalue weighted by Crippen LogP contribution is 2.52. The van der Waals surface area contributed by atoms with E-state index < -0.39 is 333 Å². The van der Waals surface area contributed by atoms with Crippen molar-refractivity contribution in [3.8, 4) is 89.0 Å². The van der Waals surface area contributed by atoms with Gasteiger partial charge < -0.3 is 0 Å². The zero-order valence-corrected chi connectivity index (χ0v) is 69.2. The SMILES string of the molecule is [2H]C1=C([2H])C2C([2H])=C([2H])c3c(-c4ccc5ccc6cccc7ccc4c5c67)c([2H])c(-c4ccc5ccc6cccc7ccc4c5c67)c([2H])c3C2C([2H])=C1[2H].[2H]c1c([2H])c(-c2c([2H])c([2H])c(-c3c([2H])c([2H])c4c([2H])c([2H])c5c([2H])c([2H])c([2H])c6c([2H])c([2H])c3c4c56)c([2H])c2[2H])c([2H])c(-c2c([2H])c([2H])c3c([2H])c([2H])c4c([2H])c([2H])c([2H])c5c([2H])c([2H])c2c3c45)c1[2H].[2H]c1c([2H])c2c([2H])c([2H])c3c([2H])c([2H])c(-c4ccc(-c5cccc(-c6c([2H])c([2H])c7c([2H])c([2H])c8c([2H])c([2H])c([2H])c9c([2H])c([2H])c6c7c89)c5)cc4)c4c([2H])c([2H])c(c1[2H])c2c34. The van der Waals surface area contributed by atoms with E-state index in [9.17, 15) is 21.9 Å². The fourth-order valence-corrected chi connectivity index (χ4v) is 20.0. The molecule has 29 aromatic rings. The summed E-state index contributed by atoms with van der Waals surface area (Å²) >= 11 is 0. The molecule has 0 saturated carbocycles. The van der Waals surface area contributed by atoms with Crippen molar-refractivity contribution in [2.75, 3.05) is 0 Å². The molecular weight excluding hydrogens is 1610 g/mol. The monoisotopic (exact) mass is 1740 g/mol. The number of fused-ring (bicyclic) bond motifs is 3. The second-order valence-electron chi connectivity index (χ2n) is 33.1.